The minimum absolute atomic E-state index is 0.308. The van der Waals surface area contributed by atoms with E-state index in [0.29, 0.717) is 6.54 Å². The van der Waals surface area contributed by atoms with Gasteiger partial charge in [0.1, 0.15) is 0 Å². The van der Waals surface area contributed by atoms with Crippen molar-refractivity contribution in [2.45, 2.75) is 26.2 Å². The maximum absolute atomic E-state index is 11.2. The first kappa shape index (κ1) is 16.1. The predicted molar refractivity (Wildman–Crippen MR) is 98.3 cm³/mol. The number of benzene rings is 1. The van der Waals surface area contributed by atoms with Gasteiger partial charge in [0.2, 0.25) is 10.1 Å². The lowest BCUT2D eigenvalue weighted by Crippen LogP contribution is -2.38. The predicted octanol–water partition coefficient (Wildman–Crippen LogP) is 3.32. The summed E-state index contributed by atoms with van der Waals surface area (Å²) in [6, 6.07) is 8.44. The number of aromatic nitrogens is 3. The van der Waals surface area contributed by atoms with Gasteiger partial charge in [-0.15, -0.1) is 5.10 Å². The van der Waals surface area contributed by atoms with Crippen molar-refractivity contribution in [3.8, 4) is 11.3 Å². The maximum atomic E-state index is 11.2. The summed E-state index contributed by atoms with van der Waals surface area (Å²) < 4.78 is 1.80. The van der Waals surface area contributed by atoms with Gasteiger partial charge < -0.3 is 10.0 Å². The van der Waals surface area contributed by atoms with Gasteiger partial charge >= 0.3 is 5.97 Å². The van der Waals surface area contributed by atoms with Crippen LogP contribution in [0.1, 0.15) is 25.3 Å². The molecule has 2 aromatic heterocycles. The zero-order valence-corrected chi connectivity index (χ0v) is 14.9. The number of aliphatic carboxylic acids is 1. The third-order valence-electron chi connectivity index (χ3n) is 4.73. The lowest BCUT2D eigenvalue weighted by atomic mass is 9.99. The highest BCUT2D eigenvalue weighted by atomic mass is 32.1. The summed E-state index contributed by atoms with van der Waals surface area (Å²) in [5.74, 6) is -1.03. The fourth-order valence-corrected chi connectivity index (χ4v) is 4.14. The highest BCUT2D eigenvalue weighted by Crippen LogP contribution is 2.29. The summed E-state index contributed by atoms with van der Waals surface area (Å²) in [6.45, 7) is 3.52. The van der Waals surface area contributed by atoms with Crippen LogP contribution in [0.15, 0.2) is 30.5 Å². The average molecular weight is 356 g/mol. The van der Waals surface area contributed by atoms with Crippen molar-refractivity contribution in [3.63, 3.8) is 0 Å². The fraction of sp³-hybridized carbons (Fsp3) is 0.389. The molecule has 0 amide bonds. The molecule has 3 aromatic rings. The highest BCUT2D eigenvalue weighted by Gasteiger charge is 2.27. The van der Waals surface area contributed by atoms with Crippen LogP contribution in [-0.4, -0.2) is 38.8 Å². The first-order valence-corrected chi connectivity index (χ1v) is 9.39. The molecule has 1 N–H and O–H groups in total. The Kier molecular flexibility index (Phi) is 4.17. The lowest BCUT2D eigenvalue weighted by Gasteiger charge is -2.29. The van der Waals surface area contributed by atoms with Crippen LogP contribution in [0, 0.1) is 5.92 Å². The van der Waals surface area contributed by atoms with E-state index in [1.54, 1.807) is 4.52 Å². The largest absolute Gasteiger partial charge is 0.481 e. The fourth-order valence-electron chi connectivity index (χ4n) is 3.22. The number of carboxylic acid groups (broad SMARTS) is 1. The number of aryl methyl sites for hydroxylation is 1. The monoisotopic (exact) mass is 356 g/mol. The van der Waals surface area contributed by atoms with Crippen molar-refractivity contribution >= 4 is 27.4 Å². The summed E-state index contributed by atoms with van der Waals surface area (Å²) in [6.07, 6.45) is 4.59. The number of piperidine rings is 1. The summed E-state index contributed by atoms with van der Waals surface area (Å²) >= 11 is 1.51. The van der Waals surface area contributed by atoms with Crippen molar-refractivity contribution < 1.29 is 9.90 Å². The Morgan fingerprint density at radius 2 is 2.16 bits per heavy atom. The molecular formula is C18H20N4O2S. The number of carboxylic acids is 1. The summed E-state index contributed by atoms with van der Waals surface area (Å²) in [5, 5.41) is 14.7. The smallest absolute Gasteiger partial charge is 0.308 e. The van der Waals surface area contributed by atoms with E-state index >= 15 is 0 Å². The quantitative estimate of drug-likeness (QED) is 0.776. The Morgan fingerprint density at radius 1 is 1.36 bits per heavy atom. The third kappa shape index (κ3) is 3.11. The number of nitrogens with zero attached hydrogens (tertiary/aromatic N) is 4. The molecule has 0 spiro atoms. The minimum atomic E-state index is -0.719. The molecule has 0 radical (unpaired) electrons. The van der Waals surface area contributed by atoms with E-state index < -0.39 is 5.97 Å². The molecule has 6 nitrogen and oxygen atoms in total. The van der Waals surface area contributed by atoms with Crippen LogP contribution in [0.5, 0.6) is 0 Å². The van der Waals surface area contributed by atoms with Crippen LogP contribution >= 0.6 is 11.3 Å². The molecule has 0 bridgehead atoms. The zero-order valence-electron chi connectivity index (χ0n) is 14.1. The molecule has 3 heterocycles. The molecule has 1 aliphatic heterocycles. The van der Waals surface area contributed by atoms with Gasteiger partial charge in [0.15, 0.2) is 0 Å². The molecule has 4 rings (SSSR count). The van der Waals surface area contributed by atoms with Crippen molar-refractivity contribution in [3.05, 3.63) is 36.0 Å². The normalized spacial score (nSPS) is 18.0. The Labute approximate surface area is 149 Å². The lowest BCUT2D eigenvalue weighted by molar-refractivity contribution is -0.141. The summed E-state index contributed by atoms with van der Waals surface area (Å²) in [4.78, 5) is 18.8. The van der Waals surface area contributed by atoms with Crippen molar-refractivity contribution in [1.82, 2.24) is 14.6 Å². The number of carbonyl (C=O) groups is 1. The molecule has 1 saturated heterocycles. The van der Waals surface area contributed by atoms with E-state index in [-0.39, 0.29) is 5.92 Å². The van der Waals surface area contributed by atoms with Crippen LogP contribution in [-0.2, 0) is 11.2 Å². The van der Waals surface area contributed by atoms with E-state index in [0.717, 1.165) is 47.2 Å². The molecule has 0 aliphatic carbocycles. The SMILES string of the molecule is CCc1ccc(-c2cn3nc(N4CCCC(C(=O)O)C4)sc3n2)cc1. The topological polar surface area (TPSA) is 70.7 Å². The van der Waals surface area contributed by atoms with Gasteiger partial charge in [-0.1, -0.05) is 42.5 Å². The molecular weight excluding hydrogens is 336 g/mol. The molecule has 7 heteroatoms. The summed E-state index contributed by atoms with van der Waals surface area (Å²) in [7, 11) is 0. The van der Waals surface area contributed by atoms with Crippen LogP contribution in [0.3, 0.4) is 0 Å². The Bertz CT molecular complexity index is 868. The molecule has 1 atom stereocenters. The van der Waals surface area contributed by atoms with Gasteiger partial charge in [-0.25, -0.2) is 9.50 Å². The highest BCUT2D eigenvalue weighted by molar-refractivity contribution is 7.20. The molecule has 1 aliphatic rings. The number of hydrogen-bond acceptors (Lipinski definition) is 5. The van der Waals surface area contributed by atoms with E-state index in [1.807, 2.05) is 6.20 Å². The Balaban J connectivity index is 1.57. The second-order valence-electron chi connectivity index (χ2n) is 6.41. The number of rotatable bonds is 4. The Hall–Kier alpha value is -2.41. The van der Waals surface area contributed by atoms with E-state index in [1.165, 1.54) is 16.9 Å². The first-order chi connectivity index (χ1) is 12.1. The minimum Gasteiger partial charge on any atom is -0.481 e. The second-order valence-corrected chi connectivity index (χ2v) is 7.35. The van der Waals surface area contributed by atoms with E-state index in [2.05, 4.69) is 46.2 Å². The Morgan fingerprint density at radius 3 is 2.84 bits per heavy atom. The number of hydrogen-bond donors (Lipinski definition) is 1. The van der Waals surface area contributed by atoms with Gasteiger partial charge in [-0.3, -0.25) is 4.79 Å². The van der Waals surface area contributed by atoms with Crippen molar-refractivity contribution in [1.29, 1.82) is 0 Å². The molecule has 1 fully saturated rings. The molecule has 1 aromatic carbocycles. The van der Waals surface area contributed by atoms with Crippen LogP contribution in [0.25, 0.3) is 16.2 Å². The number of anilines is 1. The van der Waals surface area contributed by atoms with Gasteiger partial charge in [0, 0.05) is 18.7 Å². The van der Waals surface area contributed by atoms with Gasteiger partial charge in [-0.2, -0.15) is 0 Å². The molecule has 0 saturated carbocycles. The summed E-state index contributed by atoms with van der Waals surface area (Å²) in [5.41, 5.74) is 3.30. The van der Waals surface area contributed by atoms with Gasteiger partial charge in [-0.05, 0) is 24.8 Å². The standard InChI is InChI=1S/C18H20N4O2S/c1-2-12-5-7-13(8-6-12)15-11-22-17(19-15)25-18(20-22)21-9-3-4-14(10-21)16(23)24/h5-8,11,14H,2-4,9-10H2,1H3,(H,23,24). The first-order valence-electron chi connectivity index (χ1n) is 8.57. The van der Waals surface area contributed by atoms with Crippen LogP contribution in [0.4, 0.5) is 5.13 Å². The molecule has 25 heavy (non-hydrogen) atoms. The van der Waals surface area contributed by atoms with E-state index in [9.17, 15) is 9.90 Å². The van der Waals surface area contributed by atoms with Gasteiger partial charge in [0.25, 0.3) is 0 Å². The van der Waals surface area contributed by atoms with Crippen LogP contribution in [0.2, 0.25) is 0 Å². The number of imidazole rings is 1. The van der Waals surface area contributed by atoms with Crippen molar-refractivity contribution in [2.75, 3.05) is 18.0 Å². The van der Waals surface area contributed by atoms with Crippen molar-refractivity contribution in [2.24, 2.45) is 5.92 Å². The third-order valence-corrected chi connectivity index (χ3v) is 5.71. The van der Waals surface area contributed by atoms with Gasteiger partial charge in [0.05, 0.1) is 17.8 Å². The average Bonchev–Trinajstić information content (AvgIpc) is 3.21. The second kappa shape index (κ2) is 6.48. The van der Waals surface area contributed by atoms with Crippen LogP contribution < -0.4 is 4.90 Å². The molecule has 130 valence electrons. The zero-order chi connectivity index (χ0) is 17.4. The van der Waals surface area contributed by atoms with E-state index in [4.69, 9.17) is 0 Å². The number of fused-ring (bicyclic) bond motifs is 1. The maximum Gasteiger partial charge on any atom is 0.308 e. The molecule has 1 unspecified atom stereocenters.